The molecule has 0 radical (unpaired) electrons. The summed E-state index contributed by atoms with van der Waals surface area (Å²) in [6, 6.07) is 3.96. The maximum Gasteiger partial charge on any atom is 0.270 e. The van der Waals surface area contributed by atoms with E-state index in [0.29, 0.717) is 38.3 Å². The van der Waals surface area contributed by atoms with Gasteiger partial charge in [-0.3, -0.25) is 15.0 Å². The van der Waals surface area contributed by atoms with Crippen LogP contribution in [-0.4, -0.2) is 53.7 Å². The number of sulfonamides is 1. The van der Waals surface area contributed by atoms with Gasteiger partial charge in [-0.1, -0.05) is 13.0 Å². The number of thiazole rings is 1. The number of benzene rings is 1. The normalized spacial score (nSPS) is 16.4. The molecule has 8 nitrogen and oxygen atoms in total. The van der Waals surface area contributed by atoms with Crippen LogP contribution >= 0.6 is 11.3 Å². The zero-order chi connectivity index (χ0) is 20.3. The van der Waals surface area contributed by atoms with Crippen molar-refractivity contribution in [1.29, 1.82) is 0 Å². The molecule has 0 spiro atoms. The van der Waals surface area contributed by atoms with Crippen LogP contribution in [0.3, 0.4) is 0 Å². The van der Waals surface area contributed by atoms with E-state index < -0.39 is 14.9 Å². The largest absolute Gasteiger partial charge is 0.295 e. The van der Waals surface area contributed by atoms with E-state index in [1.54, 1.807) is 18.3 Å². The van der Waals surface area contributed by atoms with Gasteiger partial charge in [0, 0.05) is 50.2 Å². The first-order valence-corrected chi connectivity index (χ1v) is 11.5. The average Bonchev–Trinajstić information content (AvgIpc) is 3.09. The number of nitro benzene ring substituents is 1. The van der Waals surface area contributed by atoms with Gasteiger partial charge in [-0.2, -0.15) is 4.31 Å². The van der Waals surface area contributed by atoms with Gasteiger partial charge in [-0.25, -0.2) is 13.4 Å². The molecule has 0 bridgehead atoms. The highest BCUT2D eigenvalue weighted by molar-refractivity contribution is 7.89. The highest BCUT2D eigenvalue weighted by Crippen LogP contribution is 2.26. The van der Waals surface area contributed by atoms with Crippen molar-refractivity contribution in [3.05, 3.63) is 50.0 Å². The molecule has 28 heavy (non-hydrogen) atoms. The van der Waals surface area contributed by atoms with Gasteiger partial charge in [-0.05, 0) is 25.3 Å². The topological polar surface area (TPSA) is 96.7 Å². The van der Waals surface area contributed by atoms with Crippen molar-refractivity contribution in [3.63, 3.8) is 0 Å². The second kappa shape index (κ2) is 8.64. The van der Waals surface area contributed by atoms with Crippen molar-refractivity contribution < 1.29 is 13.3 Å². The molecule has 152 valence electrons. The summed E-state index contributed by atoms with van der Waals surface area (Å²) in [5, 5.41) is 14.2. The fourth-order valence-corrected chi connectivity index (χ4v) is 5.78. The smallest absolute Gasteiger partial charge is 0.270 e. The lowest BCUT2D eigenvalue weighted by atomic mass is 10.2. The molecule has 0 N–H and O–H groups in total. The summed E-state index contributed by atoms with van der Waals surface area (Å²) in [6.45, 7) is 6.42. The summed E-state index contributed by atoms with van der Waals surface area (Å²) in [4.78, 5) is 17.3. The Hall–Kier alpha value is -1.88. The summed E-state index contributed by atoms with van der Waals surface area (Å²) >= 11 is 1.67. The Bertz CT molecular complexity index is 950. The second-order valence-electron chi connectivity index (χ2n) is 6.87. The maximum absolute atomic E-state index is 13.0. The van der Waals surface area contributed by atoms with Gasteiger partial charge in [0.25, 0.3) is 5.69 Å². The van der Waals surface area contributed by atoms with Crippen LogP contribution in [0.25, 0.3) is 0 Å². The molecule has 1 aromatic heterocycles. The highest BCUT2D eigenvalue weighted by Gasteiger charge is 2.31. The fraction of sp³-hybridized carbons (Fsp3) is 0.500. The number of hydrogen-bond acceptors (Lipinski definition) is 7. The van der Waals surface area contributed by atoms with E-state index in [9.17, 15) is 18.5 Å². The number of hydrogen-bond donors (Lipinski definition) is 0. The molecule has 1 saturated heterocycles. The molecule has 1 aromatic carbocycles. The average molecular weight is 425 g/mol. The van der Waals surface area contributed by atoms with Crippen LogP contribution in [0.4, 0.5) is 5.69 Å². The first kappa shape index (κ1) is 20.8. The Morgan fingerprint density at radius 1 is 1.25 bits per heavy atom. The van der Waals surface area contributed by atoms with E-state index in [-0.39, 0.29) is 10.6 Å². The van der Waals surface area contributed by atoms with Crippen molar-refractivity contribution >= 4 is 27.0 Å². The monoisotopic (exact) mass is 424 g/mol. The van der Waals surface area contributed by atoms with Crippen LogP contribution in [0.15, 0.2) is 28.5 Å². The van der Waals surface area contributed by atoms with Crippen LogP contribution in [0, 0.1) is 17.0 Å². The highest BCUT2D eigenvalue weighted by atomic mass is 32.2. The molecule has 1 fully saturated rings. The van der Waals surface area contributed by atoms with Crippen molar-refractivity contribution in [2.45, 2.75) is 38.1 Å². The molecule has 0 unspecified atom stereocenters. The zero-order valence-corrected chi connectivity index (χ0v) is 17.6. The lowest BCUT2D eigenvalue weighted by molar-refractivity contribution is -0.385. The number of nitrogens with zero attached hydrogens (tertiary/aromatic N) is 4. The van der Waals surface area contributed by atoms with Crippen molar-refractivity contribution in [2.75, 3.05) is 26.2 Å². The molecule has 0 amide bonds. The number of rotatable bonds is 7. The molecule has 2 aromatic rings. The van der Waals surface area contributed by atoms with Gasteiger partial charge < -0.3 is 0 Å². The van der Waals surface area contributed by atoms with Crippen LogP contribution in [0.5, 0.6) is 0 Å². The third-order valence-electron chi connectivity index (χ3n) is 4.78. The summed E-state index contributed by atoms with van der Waals surface area (Å²) in [6.07, 6.45) is 2.06. The SMILES string of the molecule is CCCc1nc(CN2CCN(S(=O)(=O)c3cc([N+](=O)[O-])ccc3C)CC2)cs1. The summed E-state index contributed by atoms with van der Waals surface area (Å²) < 4.78 is 27.4. The third kappa shape index (κ3) is 4.57. The molecule has 0 atom stereocenters. The third-order valence-corrected chi connectivity index (χ3v) is 7.78. The van der Waals surface area contributed by atoms with E-state index in [2.05, 4.69) is 22.2 Å². The second-order valence-corrected chi connectivity index (χ2v) is 9.72. The number of nitro groups is 1. The lowest BCUT2D eigenvalue weighted by Gasteiger charge is -2.33. The fourth-order valence-electron chi connectivity index (χ4n) is 3.23. The van der Waals surface area contributed by atoms with Gasteiger partial charge >= 0.3 is 0 Å². The van der Waals surface area contributed by atoms with Gasteiger partial charge in [0.15, 0.2) is 0 Å². The van der Waals surface area contributed by atoms with Gasteiger partial charge in [0.2, 0.25) is 10.0 Å². The predicted octanol–water partition coefficient (Wildman–Crippen LogP) is 2.82. The molecule has 1 aliphatic rings. The Balaban J connectivity index is 1.66. The molecule has 3 rings (SSSR count). The van der Waals surface area contributed by atoms with Crippen LogP contribution in [0.1, 0.15) is 29.6 Å². The molecule has 0 aliphatic carbocycles. The predicted molar refractivity (Wildman–Crippen MR) is 108 cm³/mol. The van der Waals surface area contributed by atoms with Crippen molar-refractivity contribution in [3.8, 4) is 0 Å². The summed E-state index contributed by atoms with van der Waals surface area (Å²) in [7, 11) is -3.76. The standard InChI is InChI=1S/C18H24N4O4S2/c1-3-4-18-19-15(13-27-18)12-20-7-9-21(10-8-20)28(25,26)17-11-16(22(23)24)6-5-14(17)2/h5-6,11,13H,3-4,7-10,12H2,1-2H3. The summed E-state index contributed by atoms with van der Waals surface area (Å²) in [5.74, 6) is 0. The summed E-state index contributed by atoms with van der Waals surface area (Å²) in [5.41, 5.74) is 1.33. The number of piperazine rings is 1. The minimum atomic E-state index is -3.76. The first-order valence-electron chi connectivity index (χ1n) is 9.22. The first-order chi connectivity index (χ1) is 13.3. The molecule has 0 saturated carbocycles. The lowest BCUT2D eigenvalue weighted by Crippen LogP contribution is -2.48. The van der Waals surface area contributed by atoms with Crippen LogP contribution in [-0.2, 0) is 23.0 Å². The van der Waals surface area contributed by atoms with Crippen LogP contribution in [0.2, 0.25) is 0 Å². The van der Waals surface area contributed by atoms with Gasteiger partial charge in [-0.15, -0.1) is 11.3 Å². The minimum Gasteiger partial charge on any atom is -0.295 e. The Morgan fingerprint density at radius 2 is 1.96 bits per heavy atom. The molecule has 2 heterocycles. The van der Waals surface area contributed by atoms with E-state index >= 15 is 0 Å². The zero-order valence-electron chi connectivity index (χ0n) is 16.0. The number of aromatic nitrogens is 1. The van der Waals surface area contributed by atoms with E-state index in [0.717, 1.165) is 29.6 Å². The number of aryl methyl sites for hydroxylation is 2. The minimum absolute atomic E-state index is 0.0128. The van der Waals surface area contributed by atoms with Crippen molar-refractivity contribution in [1.82, 2.24) is 14.2 Å². The van der Waals surface area contributed by atoms with E-state index in [1.165, 1.54) is 16.4 Å². The quantitative estimate of drug-likeness (QED) is 0.501. The van der Waals surface area contributed by atoms with Gasteiger partial charge in [0.05, 0.1) is 20.5 Å². The molecule has 10 heteroatoms. The van der Waals surface area contributed by atoms with Crippen molar-refractivity contribution in [2.24, 2.45) is 0 Å². The van der Waals surface area contributed by atoms with Gasteiger partial charge in [0.1, 0.15) is 0 Å². The maximum atomic E-state index is 13.0. The molecule has 1 aliphatic heterocycles. The Labute approximate surface area is 169 Å². The molecular formula is C18H24N4O4S2. The van der Waals surface area contributed by atoms with E-state index in [1.807, 2.05) is 0 Å². The van der Waals surface area contributed by atoms with Crippen LogP contribution < -0.4 is 0 Å². The number of non-ortho nitro benzene ring substituents is 1. The Morgan fingerprint density at radius 3 is 2.61 bits per heavy atom. The Kier molecular flexibility index (Phi) is 6.43. The van der Waals surface area contributed by atoms with E-state index in [4.69, 9.17) is 0 Å². The molecular weight excluding hydrogens is 400 g/mol.